The summed E-state index contributed by atoms with van der Waals surface area (Å²) in [5.74, 6) is 0. The molecule has 2 aliphatic rings. The van der Waals surface area contributed by atoms with Crippen LogP contribution in [0.25, 0.3) is 0 Å². The fraction of sp³-hybridized carbons (Fsp3) is 0.647. The third kappa shape index (κ3) is 3.45. The van der Waals surface area contributed by atoms with E-state index >= 15 is 0 Å². The maximum absolute atomic E-state index is 12.9. The van der Waals surface area contributed by atoms with E-state index in [2.05, 4.69) is 4.90 Å². The smallest absolute Gasteiger partial charge is 0.243 e. The van der Waals surface area contributed by atoms with E-state index in [0.29, 0.717) is 24.0 Å². The molecule has 1 aromatic carbocycles. The molecule has 1 N–H and O–H groups in total. The number of piperidine rings is 1. The molecule has 1 aromatic rings. The molecule has 0 aromatic heterocycles. The lowest BCUT2D eigenvalue weighted by Crippen LogP contribution is -2.46. The Kier molecular flexibility index (Phi) is 4.78. The van der Waals surface area contributed by atoms with Crippen molar-refractivity contribution in [3.05, 3.63) is 29.3 Å². The van der Waals surface area contributed by atoms with Crippen LogP contribution in [0.1, 0.15) is 30.4 Å². The summed E-state index contributed by atoms with van der Waals surface area (Å²) < 4.78 is 27.4. The van der Waals surface area contributed by atoms with Gasteiger partial charge in [-0.15, -0.1) is 0 Å². The summed E-state index contributed by atoms with van der Waals surface area (Å²) >= 11 is 0. The van der Waals surface area contributed by atoms with Crippen LogP contribution in [0.3, 0.4) is 0 Å². The number of aryl methyl sites for hydroxylation is 2. The first kappa shape index (κ1) is 16.9. The standard InChI is InChI=1S/C17H26N2O3S/c1-13-3-4-14(2)17(11-13)23(21,22)19-9-5-15(6-10-19)18-8-7-16(20)12-18/h3-4,11,15-16,20H,5-10,12H2,1-2H3/t16-/m1/s1. The van der Waals surface area contributed by atoms with Crippen molar-refractivity contribution in [3.8, 4) is 0 Å². The van der Waals surface area contributed by atoms with E-state index in [1.54, 1.807) is 10.4 Å². The molecule has 0 amide bonds. The second kappa shape index (κ2) is 6.51. The van der Waals surface area contributed by atoms with Gasteiger partial charge in [-0.2, -0.15) is 4.31 Å². The van der Waals surface area contributed by atoms with Gasteiger partial charge in [0.05, 0.1) is 11.0 Å². The van der Waals surface area contributed by atoms with Crippen molar-refractivity contribution >= 4 is 10.0 Å². The zero-order valence-corrected chi connectivity index (χ0v) is 14.7. The van der Waals surface area contributed by atoms with Crippen molar-refractivity contribution in [2.75, 3.05) is 26.2 Å². The Bertz CT molecular complexity index is 666. The molecule has 0 radical (unpaired) electrons. The van der Waals surface area contributed by atoms with E-state index in [0.717, 1.165) is 43.5 Å². The maximum Gasteiger partial charge on any atom is 0.243 e. The van der Waals surface area contributed by atoms with E-state index in [1.807, 2.05) is 26.0 Å². The number of β-amino-alcohol motifs (C(OH)–C–C–N with tert-alkyl or cyclic N) is 1. The summed E-state index contributed by atoms with van der Waals surface area (Å²) in [6.45, 7) is 6.55. The molecule has 0 saturated carbocycles. The molecular weight excluding hydrogens is 312 g/mol. The van der Waals surface area contributed by atoms with Crippen molar-refractivity contribution < 1.29 is 13.5 Å². The summed E-state index contributed by atoms with van der Waals surface area (Å²) in [4.78, 5) is 2.75. The van der Waals surface area contributed by atoms with Gasteiger partial charge in [0.15, 0.2) is 0 Å². The highest BCUT2D eigenvalue weighted by molar-refractivity contribution is 7.89. The number of rotatable bonds is 3. The lowest BCUT2D eigenvalue weighted by atomic mass is 10.1. The summed E-state index contributed by atoms with van der Waals surface area (Å²) in [6.07, 6.45) is 2.31. The largest absolute Gasteiger partial charge is 0.392 e. The predicted molar refractivity (Wildman–Crippen MR) is 89.9 cm³/mol. The second-order valence-corrected chi connectivity index (χ2v) is 8.75. The molecule has 1 atom stereocenters. The van der Waals surface area contributed by atoms with E-state index in [9.17, 15) is 13.5 Å². The third-order valence-electron chi connectivity index (χ3n) is 5.10. The Hall–Kier alpha value is -0.950. The Morgan fingerprint density at radius 3 is 2.39 bits per heavy atom. The van der Waals surface area contributed by atoms with Gasteiger partial charge in [0.1, 0.15) is 0 Å². The van der Waals surface area contributed by atoms with Gasteiger partial charge in [-0.1, -0.05) is 12.1 Å². The molecule has 0 bridgehead atoms. The van der Waals surface area contributed by atoms with E-state index in [4.69, 9.17) is 0 Å². The van der Waals surface area contributed by atoms with E-state index < -0.39 is 10.0 Å². The number of sulfonamides is 1. The Morgan fingerprint density at radius 1 is 1.09 bits per heavy atom. The Balaban J connectivity index is 1.70. The number of aliphatic hydroxyl groups excluding tert-OH is 1. The highest BCUT2D eigenvalue weighted by Gasteiger charge is 2.34. The van der Waals surface area contributed by atoms with Crippen LogP contribution in [0, 0.1) is 13.8 Å². The van der Waals surface area contributed by atoms with Crippen molar-refractivity contribution in [3.63, 3.8) is 0 Å². The molecule has 2 aliphatic heterocycles. The van der Waals surface area contributed by atoms with Gasteiger partial charge in [0.2, 0.25) is 10.0 Å². The van der Waals surface area contributed by atoms with Crippen LogP contribution in [0.15, 0.2) is 23.1 Å². The average molecular weight is 338 g/mol. The number of aliphatic hydroxyl groups is 1. The van der Waals surface area contributed by atoms with Crippen LogP contribution < -0.4 is 0 Å². The van der Waals surface area contributed by atoms with Gasteiger partial charge in [-0.3, -0.25) is 4.90 Å². The highest BCUT2D eigenvalue weighted by atomic mass is 32.2. The minimum Gasteiger partial charge on any atom is -0.392 e. The average Bonchev–Trinajstić information content (AvgIpc) is 2.96. The molecular formula is C17H26N2O3S. The first-order valence-electron chi connectivity index (χ1n) is 8.37. The molecule has 0 aliphatic carbocycles. The van der Waals surface area contributed by atoms with Crippen LogP contribution in [0.4, 0.5) is 0 Å². The first-order chi connectivity index (χ1) is 10.9. The molecule has 2 heterocycles. The van der Waals surface area contributed by atoms with E-state index in [-0.39, 0.29) is 6.10 Å². The zero-order valence-electron chi connectivity index (χ0n) is 13.9. The third-order valence-corrected chi connectivity index (χ3v) is 7.14. The van der Waals surface area contributed by atoms with Gasteiger partial charge in [0, 0.05) is 32.2 Å². The fourth-order valence-electron chi connectivity index (χ4n) is 3.67. The normalized spacial score (nSPS) is 25.1. The lowest BCUT2D eigenvalue weighted by Gasteiger charge is -2.36. The number of hydrogen-bond donors (Lipinski definition) is 1. The van der Waals surface area contributed by atoms with Gasteiger partial charge in [0.25, 0.3) is 0 Å². The van der Waals surface area contributed by atoms with Crippen molar-refractivity contribution in [1.82, 2.24) is 9.21 Å². The summed E-state index contributed by atoms with van der Waals surface area (Å²) in [5, 5.41) is 9.67. The summed E-state index contributed by atoms with van der Waals surface area (Å²) in [5.41, 5.74) is 1.77. The van der Waals surface area contributed by atoms with Crippen LogP contribution in [-0.2, 0) is 10.0 Å². The van der Waals surface area contributed by atoms with Crippen LogP contribution in [0.2, 0.25) is 0 Å². The highest BCUT2D eigenvalue weighted by Crippen LogP contribution is 2.27. The molecule has 3 rings (SSSR count). The SMILES string of the molecule is Cc1ccc(C)c(S(=O)(=O)N2CCC(N3CC[C@@H](O)C3)CC2)c1. The van der Waals surface area contributed by atoms with Crippen molar-refractivity contribution in [2.24, 2.45) is 0 Å². The molecule has 128 valence electrons. The van der Waals surface area contributed by atoms with Crippen LogP contribution in [-0.4, -0.2) is 61.1 Å². The predicted octanol–water partition coefficient (Wildman–Crippen LogP) is 1.52. The maximum atomic E-state index is 12.9. The van der Waals surface area contributed by atoms with Crippen molar-refractivity contribution in [2.45, 2.75) is 50.2 Å². The molecule has 0 spiro atoms. The topological polar surface area (TPSA) is 60.9 Å². The number of benzene rings is 1. The lowest BCUT2D eigenvalue weighted by molar-refractivity contribution is 0.132. The zero-order chi connectivity index (χ0) is 16.6. The number of likely N-dealkylation sites (tertiary alicyclic amines) is 1. The van der Waals surface area contributed by atoms with E-state index in [1.165, 1.54) is 0 Å². The summed E-state index contributed by atoms with van der Waals surface area (Å²) in [6, 6.07) is 5.99. The molecule has 6 heteroatoms. The van der Waals surface area contributed by atoms with Gasteiger partial charge in [-0.05, 0) is 50.3 Å². The molecule has 5 nitrogen and oxygen atoms in total. The molecule has 0 unspecified atom stereocenters. The second-order valence-electron chi connectivity index (χ2n) is 6.84. The fourth-order valence-corrected chi connectivity index (χ4v) is 5.45. The minimum atomic E-state index is -3.41. The molecule has 2 fully saturated rings. The summed E-state index contributed by atoms with van der Waals surface area (Å²) in [7, 11) is -3.41. The minimum absolute atomic E-state index is 0.216. The Morgan fingerprint density at radius 2 is 1.78 bits per heavy atom. The quantitative estimate of drug-likeness (QED) is 0.908. The number of hydrogen-bond acceptors (Lipinski definition) is 4. The van der Waals surface area contributed by atoms with Crippen LogP contribution in [0.5, 0.6) is 0 Å². The van der Waals surface area contributed by atoms with Gasteiger partial charge < -0.3 is 5.11 Å². The van der Waals surface area contributed by atoms with Crippen molar-refractivity contribution in [1.29, 1.82) is 0 Å². The number of nitrogens with zero attached hydrogens (tertiary/aromatic N) is 2. The molecule has 2 saturated heterocycles. The Labute approximate surface area is 139 Å². The van der Waals surface area contributed by atoms with Gasteiger partial charge >= 0.3 is 0 Å². The molecule has 23 heavy (non-hydrogen) atoms. The monoisotopic (exact) mass is 338 g/mol. The first-order valence-corrected chi connectivity index (χ1v) is 9.81. The van der Waals surface area contributed by atoms with Gasteiger partial charge in [-0.25, -0.2) is 8.42 Å². The van der Waals surface area contributed by atoms with Crippen LogP contribution >= 0.6 is 0 Å².